The summed E-state index contributed by atoms with van der Waals surface area (Å²) < 4.78 is 0. The fourth-order valence-electron chi connectivity index (χ4n) is 11.5. The number of carbonyl (C=O) groups is 1. The number of rotatable bonds is 2. The Morgan fingerprint density at radius 1 is 0.850 bits per heavy atom. The fourth-order valence-corrected chi connectivity index (χ4v) is 11.5. The SMILES string of the molecule is Cc1ccc(C(=O)N[C@]23CCC(C)(C)C[C@H]2C2=CC[C@@H]4[C@@]5(C)CC[C@H](O)C(C)(C)[C@@H]5CC[C@@]4(C)[C@]2(C)CC3)cc1. The average Bonchev–Trinajstić information content (AvgIpc) is 2.88. The minimum absolute atomic E-state index is 0.0192. The Bertz CT molecular complexity index is 1210. The molecule has 2 N–H and O–H groups in total. The third-order valence-corrected chi connectivity index (χ3v) is 14.3. The predicted molar refractivity (Wildman–Crippen MR) is 164 cm³/mol. The average molecular weight is 546 g/mol. The van der Waals surface area contributed by atoms with Crippen LogP contribution in [0.15, 0.2) is 35.9 Å². The molecule has 1 amide bonds. The number of aliphatic hydroxyl groups is 1. The van der Waals surface area contributed by atoms with Crippen LogP contribution < -0.4 is 5.32 Å². The Morgan fingerprint density at radius 2 is 1.52 bits per heavy atom. The number of amides is 1. The molecule has 4 saturated carbocycles. The Balaban J connectivity index is 1.38. The van der Waals surface area contributed by atoms with Gasteiger partial charge in [0.05, 0.1) is 6.10 Å². The van der Waals surface area contributed by atoms with E-state index in [1.54, 1.807) is 5.57 Å². The van der Waals surface area contributed by atoms with E-state index in [9.17, 15) is 9.90 Å². The van der Waals surface area contributed by atoms with E-state index in [4.69, 9.17) is 0 Å². The van der Waals surface area contributed by atoms with E-state index in [1.165, 1.54) is 24.8 Å². The molecule has 5 aliphatic rings. The summed E-state index contributed by atoms with van der Waals surface area (Å²) in [6.45, 7) is 19.5. The van der Waals surface area contributed by atoms with E-state index in [2.05, 4.69) is 78.9 Å². The van der Waals surface area contributed by atoms with Crippen molar-refractivity contribution in [1.82, 2.24) is 5.32 Å². The van der Waals surface area contributed by atoms with Crippen LogP contribution in [0.5, 0.6) is 0 Å². The number of hydrogen-bond donors (Lipinski definition) is 2. The van der Waals surface area contributed by atoms with E-state index in [1.807, 2.05) is 12.1 Å². The first-order valence-corrected chi connectivity index (χ1v) is 16.4. The molecule has 0 aromatic heterocycles. The van der Waals surface area contributed by atoms with Crippen molar-refractivity contribution in [1.29, 1.82) is 0 Å². The lowest BCUT2D eigenvalue weighted by atomic mass is 9.34. The highest BCUT2D eigenvalue weighted by atomic mass is 16.3. The van der Waals surface area contributed by atoms with Crippen molar-refractivity contribution in [2.24, 2.45) is 44.8 Å². The zero-order valence-electron chi connectivity index (χ0n) is 26.6. The number of aryl methyl sites for hydroxylation is 1. The van der Waals surface area contributed by atoms with Crippen LogP contribution >= 0.6 is 0 Å². The molecule has 0 unspecified atom stereocenters. The molecule has 6 rings (SSSR count). The zero-order chi connectivity index (χ0) is 28.9. The van der Waals surface area contributed by atoms with Crippen LogP contribution in [-0.4, -0.2) is 22.7 Å². The lowest BCUT2D eigenvalue weighted by molar-refractivity contribution is -0.201. The molecule has 0 bridgehead atoms. The highest BCUT2D eigenvalue weighted by Gasteiger charge is 2.68. The minimum atomic E-state index is -0.183. The lowest BCUT2D eigenvalue weighted by Crippen LogP contribution is -2.67. The van der Waals surface area contributed by atoms with Gasteiger partial charge in [0.15, 0.2) is 0 Å². The number of benzene rings is 1. The maximum absolute atomic E-state index is 13.7. The molecule has 0 aliphatic heterocycles. The molecule has 0 spiro atoms. The summed E-state index contributed by atoms with van der Waals surface area (Å²) in [5.41, 5.74) is 4.43. The number of carbonyl (C=O) groups excluding carboxylic acids is 1. The Hall–Kier alpha value is -1.61. The quantitative estimate of drug-likeness (QED) is 0.365. The molecule has 0 heterocycles. The van der Waals surface area contributed by atoms with Crippen molar-refractivity contribution in [3.63, 3.8) is 0 Å². The maximum Gasteiger partial charge on any atom is 0.251 e. The third kappa shape index (κ3) is 3.88. The highest BCUT2D eigenvalue weighted by molar-refractivity contribution is 5.94. The smallest absolute Gasteiger partial charge is 0.251 e. The van der Waals surface area contributed by atoms with Gasteiger partial charge in [-0.05, 0) is 122 Å². The van der Waals surface area contributed by atoms with Gasteiger partial charge in [-0.2, -0.15) is 0 Å². The maximum atomic E-state index is 13.7. The van der Waals surface area contributed by atoms with Crippen molar-refractivity contribution in [3.05, 3.63) is 47.0 Å². The molecule has 5 aliphatic carbocycles. The third-order valence-electron chi connectivity index (χ3n) is 14.3. The van der Waals surface area contributed by atoms with Crippen LogP contribution in [-0.2, 0) is 0 Å². The molecular formula is C37H55NO2. The Labute approximate surface area is 244 Å². The normalized spacial score (nSPS) is 45.2. The summed E-state index contributed by atoms with van der Waals surface area (Å²) in [6, 6.07) is 8.09. The highest BCUT2D eigenvalue weighted by Crippen LogP contribution is 2.74. The molecule has 1 aromatic carbocycles. The van der Waals surface area contributed by atoms with Crippen LogP contribution in [0, 0.1) is 51.8 Å². The van der Waals surface area contributed by atoms with E-state index >= 15 is 0 Å². The number of hydrogen-bond acceptors (Lipinski definition) is 2. The Kier molecular flexibility index (Phi) is 6.38. The molecule has 3 heteroatoms. The summed E-state index contributed by atoms with van der Waals surface area (Å²) in [7, 11) is 0. The summed E-state index contributed by atoms with van der Waals surface area (Å²) in [5.74, 6) is 1.72. The van der Waals surface area contributed by atoms with Gasteiger partial charge < -0.3 is 10.4 Å². The second-order valence-electron chi connectivity index (χ2n) is 17.1. The number of allylic oxidation sites excluding steroid dienone is 1. The fraction of sp³-hybridized carbons (Fsp3) is 0.757. The second kappa shape index (κ2) is 8.95. The molecule has 0 saturated heterocycles. The van der Waals surface area contributed by atoms with Gasteiger partial charge >= 0.3 is 0 Å². The summed E-state index contributed by atoms with van der Waals surface area (Å²) in [5, 5.41) is 14.7. The summed E-state index contributed by atoms with van der Waals surface area (Å²) in [4.78, 5) is 13.7. The van der Waals surface area contributed by atoms with Crippen molar-refractivity contribution < 1.29 is 9.90 Å². The summed E-state index contributed by atoms with van der Waals surface area (Å²) >= 11 is 0. The molecule has 220 valence electrons. The van der Waals surface area contributed by atoms with Gasteiger partial charge in [-0.15, -0.1) is 0 Å². The monoisotopic (exact) mass is 545 g/mol. The van der Waals surface area contributed by atoms with Gasteiger partial charge in [0.2, 0.25) is 0 Å². The molecule has 4 fully saturated rings. The van der Waals surface area contributed by atoms with Gasteiger partial charge in [0.1, 0.15) is 0 Å². The van der Waals surface area contributed by atoms with Gasteiger partial charge in [-0.1, -0.05) is 77.8 Å². The van der Waals surface area contributed by atoms with E-state index in [0.717, 1.165) is 50.5 Å². The van der Waals surface area contributed by atoms with Crippen LogP contribution in [0.2, 0.25) is 0 Å². The van der Waals surface area contributed by atoms with Gasteiger partial charge in [0, 0.05) is 17.0 Å². The second-order valence-corrected chi connectivity index (χ2v) is 17.1. The van der Waals surface area contributed by atoms with E-state index < -0.39 is 0 Å². The first kappa shape index (κ1) is 28.5. The topological polar surface area (TPSA) is 49.3 Å². The molecule has 40 heavy (non-hydrogen) atoms. The molecule has 1 aromatic rings. The minimum Gasteiger partial charge on any atom is -0.393 e. The van der Waals surface area contributed by atoms with Gasteiger partial charge in [-0.3, -0.25) is 4.79 Å². The summed E-state index contributed by atoms with van der Waals surface area (Å²) in [6.07, 6.45) is 13.8. The van der Waals surface area contributed by atoms with Gasteiger partial charge in [-0.25, -0.2) is 0 Å². The van der Waals surface area contributed by atoms with E-state index in [0.29, 0.717) is 17.8 Å². The molecule has 3 nitrogen and oxygen atoms in total. The largest absolute Gasteiger partial charge is 0.393 e. The van der Waals surface area contributed by atoms with Crippen LogP contribution in [0.4, 0.5) is 0 Å². The van der Waals surface area contributed by atoms with Crippen LogP contribution in [0.25, 0.3) is 0 Å². The molecule has 0 radical (unpaired) electrons. The molecule has 8 atom stereocenters. The van der Waals surface area contributed by atoms with Gasteiger partial charge in [0.25, 0.3) is 5.91 Å². The van der Waals surface area contributed by atoms with Crippen molar-refractivity contribution >= 4 is 5.91 Å². The van der Waals surface area contributed by atoms with Crippen molar-refractivity contribution in [2.45, 2.75) is 131 Å². The standard InChI is InChI=1S/C37H55NO2/c1-24-9-11-25(12-10-24)31(40)38-37-21-19-32(2,3)23-27(37)26-13-14-29-34(6)17-16-30(39)33(4,5)28(34)15-18-36(29,8)35(26,7)20-22-37/h9-13,27-30,39H,14-23H2,1-8H3,(H,38,40)/t27-,28-,29+,30-,34-,35+,36+,37-/m0/s1. The van der Waals surface area contributed by atoms with Crippen LogP contribution in [0.3, 0.4) is 0 Å². The predicted octanol–water partition coefficient (Wildman–Crippen LogP) is 8.64. The van der Waals surface area contributed by atoms with Crippen molar-refractivity contribution in [3.8, 4) is 0 Å². The first-order chi connectivity index (χ1) is 18.6. The zero-order valence-corrected chi connectivity index (χ0v) is 26.6. The lowest BCUT2D eigenvalue weighted by Gasteiger charge is -2.71. The van der Waals surface area contributed by atoms with Crippen LogP contribution in [0.1, 0.15) is 129 Å². The number of aliphatic hydroxyl groups excluding tert-OH is 1. The number of nitrogens with one attached hydrogen (secondary N) is 1. The number of fused-ring (bicyclic) bond motifs is 7. The van der Waals surface area contributed by atoms with Crippen molar-refractivity contribution in [2.75, 3.05) is 0 Å². The molecular weight excluding hydrogens is 490 g/mol. The van der Waals surface area contributed by atoms with E-state index in [-0.39, 0.29) is 44.6 Å². The first-order valence-electron chi connectivity index (χ1n) is 16.4. The Morgan fingerprint density at radius 3 is 2.23 bits per heavy atom.